The Morgan fingerprint density at radius 1 is 1.10 bits per heavy atom. The molecular formula is C18H16FN. The molecule has 1 nitrogen and oxygen atoms in total. The number of allylic oxidation sites excluding steroid dienone is 1. The number of hydrogen-bond donors (Lipinski definition) is 1. The molecular weight excluding hydrogens is 249 g/mol. The summed E-state index contributed by atoms with van der Waals surface area (Å²) < 4.78 is 13.1. The minimum Gasteiger partial charge on any atom is -0.361 e. The molecule has 0 amide bonds. The zero-order chi connectivity index (χ0) is 13.9. The normalized spacial score (nSPS) is 13.1. The van der Waals surface area contributed by atoms with E-state index in [-0.39, 0.29) is 11.7 Å². The van der Waals surface area contributed by atoms with E-state index in [9.17, 15) is 4.39 Å². The van der Waals surface area contributed by atoms with Gasteiger partial charge in [-0.15, -0.1) is 0 Å². The first-order valence-electron chi connectivity index (χ1n) is 6.74. The largest absolute Gasteiger partial charge is 0.361 e. The lowest BCUT2D eigenvalue weighted by Gasteiger charge is -2.04. The average molecular weight is 265 g/mol. The predicted molar refractivity (Wildman–Crippen MR) is 82.1 cm³/mol. The molecule has 0 saturated carbocycles. The number of fused-ring (bicyclic) bond motifs is 1. The molecule has 2 heteroatoms. The van der Waals surface area contributed by atoms with Gasteiger partial charge < -0.3 is 4.98 Å². The van der Waals surface area contributed by atoms with E-state index in [1.807, 2.05) is 30.5 Å². The number of halogens is 1. The molecule has 100 valence electrons. The van der Waals surface area contributed by atoms with E-state index >= 15 is 0 Å². The molecule has 0 spiro atoms. The van der Waals surface area contributed by atoms with Gasteiger partial charge in [0.1, 0.15) is 5.82 Å². The maximum atomic E-state index is 13.1. The summed E-state index contributed by atoms with van der Waals surface area (Å²) in [6, 6.07) is 14.9. The van der Waals surface area contributed by atoms with Gasteiger partial charge in [0.25, 0.3) is 0 Å². The van der Waals surface area contributed by atoms with Gasteiger partial charge in [-0.1, -0.05) is 49.4 Å². The Morgan fingerprint density at radius 2 is 1.95 bits per heavy atom. The Hall–Kier alpha value is -2.35. The lowest BCUT2D eigenvalue weighted by Crippen LogP contribution is -1.87. The first-order valence-corrected chi connectivity index (χ1v) is 6.74. The molecule has 0 fully saturated rings. The predicted octanol–water partition coefficient (Wildman–Crippen LogP) is 5.12. The highest BCUT2D eigenvalue weighted by molar-refractivity contribution is 5.84. The van der Waals surface area contributed by atoms with Crippen molar-refractivity contribution >= 4 is 17.0 Å². The zero-order valence-electron chi connectivity index (χ0n) is 11.3. The van der Waals surface area contributed by atoms with Gasteiger partial charge in [-0.25, -0.2) is 4.39 Å². The van der Waals surface area contributed by atoms with Crippen LogP contribution in [0, 0.1) is 5.82 Å². The molecule has 0 saturated heterocycles. The van der Waals surface area contributed by atoms with Gasteiger partial charge in [-0.3, -0.25) is 0 Å². The molecule has 1 N–H and O–H groups in total. The van der Waals surface area contributed by atoms with Crippen molar-refractivity contribution in [2.24, 2.45) is 0 Å². The monoisotopic (exact) mass is 265 g/mol. The molecule has 2 aromatic carbocycles. The van der Waals surface area contributed by atoms with Crippen LogP contribution in [0.5, 0.6) is 0 Å². The number of H-pyrrole nitrogens is 1. The van der Waals surface area contributed by atoms with Crippen molar-refractivity contribution in [2.75, 3.05) is 0 Å². The van der Waals surface area contributed by atoms with E-state index in [0.717, 1.165) is 11.1 Å². The lowest BCUT2D eigenvalue weighted by atomic mass is 9.99. The number of nitrogens with one attached hydrogen (secondary N) is 1. The third kappa shape index (κ3) is 2.50. The molecule has 1 heterocycles. The molecule has 0 aliphatic rings. The summed E-state index contributed by atoms with van der Waals surface area (Å²) in [5.41, 5.74) is 3.29. The number of hydrogen-bond acceptors (Lipinski definition) is 0. The van der Waals surface area contributed by atoms with Gasteiger partial charge in [0.2, 0.25) is 0 Å². The van der Waals surface area contributed by atoms with Crippen LogP contribution in [0.3, 0.4) is 0 Å². The molecule has 0 aliphatic carbocycles. The average Bonchev–Trinajstić information content (AvgIpc) is 2.89. The van der Waals surface area contributed by atoms with Gasteiger partial charge in [-0.05, 0) is 29.3 Å². The van der Waals surface area contributed by atoms with Crippen LogP contribution in [0.1, 0.15) is 24.0 Å². The highest BCUT2D eigenvalue weighted by Gasteiger charge is 2.07. The molecule has 0 bridgehead atoms. The molecule has 1 atom stereocenters. The van der Waals surface area contributed by atoms with Gasteiger partial charge in [0.15, 0.2) is 0 Å². The van der Waals surface area contributed by atoms with Crippen LogP contribution >= 0.6 is 0 Å². The van der Waals surface area contributed by atoms with E-state index in [1.54, 1.807) is 12.1 Å². The minimum atomic E-state index is -0.202. The molecule has 3 rings (SSSR count). The Morgan fingerprint density at radius 3 is 2.80 bits per heavy atom. The van der Waals surface area contributed by atoms with Crippen LogP contribution in [0.25, 0.3) is 17.0 Å². The molecule has 0 radical (unpaired) electrons. The van der Waals surface area contributed by atoms with Crippen molar-refractivity contribution in [1.82, 2.24) is 4.98 Å². The third-order valence-corrected chi connectivity index (χ3v) is 3.54. The van der Waals surface area contributed by atoms with Crippen LogP contribution in [-0.2, 0) is 0 Å². The van der Waals surface area contributed by atoms with E-state index in [0.29, 0.717) is 0 Å². The summed E-state index contributed by atoms with van der Waals surface area (Å²) in [4.78, 5) is 3.28. The molecule has 20 heavy (non-hydrogen) atoms. The maximum Gasteiger partial charge on any atom is 0.123 e. The second kappa shape index (κ2) is 5.33. The van der Waals surface area contributed by atoms with Crippen LogP contribution in [0.4, 0.5) is 4.39 Å². The highest BCUT2D eigenvalue weighted by Crippen LogP contribution is 2.26. The van der Waals surface area contributed by atoms with Crippen molar-refractivity contribution < 1.29 is 4.39 Å². The van der Waals surface area contributed by atoms with E-state index in [1.165, 1.54) is 17.0 Å². The van der Waals surface area contributed by atoms with Gasteiger partial charge in [-0.2, -0.15) is 0 Å². The highest BCUT2D eigenvalue weighted by atomic mass is 19.1. The number of aromatic nitrogens is 1. The fourth-order valence-electron chi connectivity index (χ4n) is 2.44. The summed E-state index contributed by atoms with van der Waals surface area (Å²) in [7, 11) is 0. The van der Waals surface area contributed by atoms with E-state index < -0.39 is 0 Å². The SMILES string of the molecule is CC(/C=C/c1cccc(F)c1)c1c[nH]c2ccccc12. The zero-order valence-corrected chi connectivity index (χ0v) is 11.3. The van der Waals surface area contributed by atoms with Gasteiger partial charge in [0, 0.05) is 23.0 Å². The summed E-state index contributed by atoms with van der Waals surface area (Å²) in [6.45, 7) is 2.14. The van der Waals surface area contributed by atoms with Crippen LogP contribution in [0.2, 0.25) is 0 Å². The number of para-hydroxylation sites is 1. The topological polar surface area (TPSA) is 15.8 Å². The Kier molecular flexibility index (Phi) is 3.38. The van der Waals surface area contributed by atoms with Gasteiger partial charge in [0.05, 0.1) is 0 Å². The first-order chi connectivity index (χ1) is 9.74. The van der Waals surface area contributed by atoms with Crippen molar-refractivity contribution in [3.8, 4) is 0 Å². The molecule has 0 aliphatic heterocycles. The van der Waals surface area contributed by atoms with Crippen LogP contribution < -0.4 is 0 Å². The van der Waals surface area contributed by atoms with E-state index in [4.69, 9.17) is 0 Å². The van der Waals surface area contributed by atoms with Crippen LogP contribution in [-0.4, -0.2) is 4.98 Å². The Balaban J connectivity index is 1.87. The molecule has 1 aromatic heterocycles. The van der Waals surface area contributed by atoms with Crippen molar-refractivity contribution in [2.45, 2.75) is 12.8 Å². The van der Waals surface area contributed by atoms with Gasteiger partial charge >= 0.3 is 0 Å². The number of rotatable bonds is 3. The summed E-state index contributed by atoms with van der Waals surface area (Å²) in [6.07, 6.45) is 6.12. The van der Waals surface area contributed by atoms with Crippen molar-refractivity contribution in [3.63, 3.8) is 0 Å². The summed E-state index contributed by atoms with van der Waals surface area (Å²) >= 11 is 0. The second-order valence-electron chi connectivity index (χ2n) is 4.99. The molecule has 1 unspecified atom stereocenters. The lowest BCUT2D eigenvalue weighted by molar-refractivity contribution is 0.627. The summed E-state index contributed by atoms with van der Waals surface area (Å²) in [5, 5.41) is 1.24. The quantitative estimate of drug-likeness (QED) is 0.676. The number of aromatic amines is 1. The minimum absolute atomic E-state index is 0.202. The van der Waals surface area contributed by atoms with E-state index in [2.05, 4.69) is 30.1 Å². The first kappa shape index (κ1) is 12.7. The summed E-state index contributed by atoms with van der Waals surface area (Å²) in [5.74, 6) is 0.0707. The molecule has 3 aromatic rings. The van der Waals surface area contributed by atoms with Crippen molar-refractivity contribution in [3.05, 3.63) is 77.7 Å². The second-order valence-corrected chi connectivity index (χ2v) is 4.99. The maximum absolute atomic E-state index is 13.1. The Labute approximate surface area is 117 Å². The fourth-order valence-corrected chi connectivity index (χ4v) is 2.44. The third-order valence-electron chi connectivity index (χ3n) is 3.54. The Bertz CT molecular complexity index is 755. The fraction of sp³-hybridized carbons (Fsp3) is 0.111. The number of benzene rings is 2. The van der Waals surface area contributed by atoms with Crippen molar-refractivity contribution in [1.29, 1.82) is 0 Å². The smallest absolute Gasteiger partial charge is 0.123 e. The standard InChI is InChI=1S/C18H16FN/c1-13(9-10-14-5-4-6-15(19)11-14)17-12-20-18-8-3-2-7-16(17)18/h2-13,20H,1H3/b10-9+. The van der Waals surface area contributed by atoms with Crippen LogP contribution in [0.15, 0.2) is 60.8 Å².